The van der Waals surface area contributed by atoms with Crippen molar-refractivity contribution in [1.29, 1.82) is 0 Å². The second-order valence-corrected chi connectivity index (χ2v) is 6.06. The fourth-order valence-corrected chi connectivity index (χ4v) is 1.86. The molecule has 0 unspecified atom stereocenters. The third-order valence-electron chi connectivity index (χ3n) is 2.55. The van der Waals surface area contributed by atoms with Crippen LogP contribution in [0.5, 0.6) is 5.75 Å². The molecule has 1 rings (SSSR count). The van der Waals surface area contributed by atoms with Gasteiger partial charge in [-0.1, -0.05) is 20.8 Å². The predicted octanol–water partition coefficient (Wildman–Crippen LogP) is 3.99. The van der Waals surface area contributed by atoms with Crippen LogP contribution in [0, 0.1) is 11.2 Å². The molecule has 1 N–H and O–H groups in total. The Morgan fingerprint density at radius 1 is 1.39 bits per heavy atom. The van der Waals surface area contributed by atoms with Crippen LogP contribution in [0.1, 0.15) is 27.2 Å². The van der Waals surface area contributed by atoms with Crippen molar-refractivity contribution in [2.75, 3.05) is 19.7 Å². The molecule has 0 spiro atoms. The van der Waals surface area contributed by atoms with Gasteiger partial charge in [-0.25, -0.2) is 4.39 Å². The highest BCUT2D eigenvalue weighted by Gasteiger charge is 2.18. The Kier molecular flexibility index (Phi) is 6.09. The molecule has 0 bridgehead atoms. The standard InChI is InChI=1S/C14H21BrFNO/c1-4-7-17-9-14(2,3)10-18-11-5-6-13(16)12(15)8-11/h5-6,8,17H,4,7,9-10H2,1-3H3. The van der Waals surface area contributed by atoms with Gasteiger partial charge in [0.1, 0.15) is 11.6 Å². The summed E-state index contributed by atoms with van der Waals surface area (Å²) >= 11 is 3.15. The number of ether oxygens (including phenoxy) is 1. The molecule has 4 heteroatoms. The van der Waals surface area contributed by atoms with Crippen molar-refractivity contribution in [1.82, 2.24) is 5.32 Å². The van der Waals surface area contributed by atoms with Gasteiger partial charge in [-0.15, -0.1) is 0 Å². The molecule has 0 saturated heterocycles. The second-order valence-electron chi connectivity index (χ2n) is 5.21. The van der Waals surface area contributed by atoms with Gasteiger partial charge >= 0.3 is 0 Å². The van der Waals surface area contributed by atoms with Crippen LogP contribution in [0.2, 0.25) is 0 Å². The third-order valence-corrected chi connectivity index (χ3v) is 3.16. The van der Waals surface area contributed by atoms with Crippen molar-refractivity contribution >= 4 is 15.9 Å². The van der Waals surface area contributed by atoms with E-state index in [0.717, 1.165) is 19.5 Å². The summed E-state index contributed by atoms with van der Waals surface area (Å²) in [6, 6.07) is 4.71. The first-order chi connectivity index (χ1) is 8.44. The maximum Gasteiger partial charge on any atom is 0.137 e. The number of nitrogens with one attached hydrogen (secondary N) is 1. The van der Waals surface area contributed by atoms with E-state index in [-0.39, 0.29) is 11.2 Å². The summed E-state index contributed by atoms with van der Waals surface area (Å²) < 4.78 is 19.2. The molecule has 1 aromatic rings. The summed E-state index contributed by atoms with van der Waals surface area (Å²) in [5, 5.41) is 3.38. The first-order valence-corrected chi connectivity index (χ1v) is 7.02. The molecule has 0 saturated carbocycles. The normalized spacial score (nSPS) is 11.6. The largest absolute Gasteiger partial charge is 0.493 e. The van der Waals surface area contributed by atoms with Crippen LogP contribution in [0.15, 0.2) is 22.7 Å². The SMILES string of the molecule is CCCNCC(C)(C)COc1ccc(F)c(Br)c1. The topological polar surface area (TPSA) is 21.3 Å². The van der Waals surface area contributed by atoms with E-state index < -0.39 is 0 Å². The minimum absolute atomic E-state index is 0.0516. The minimum Gasteiger partial charge on any atom is -0.493 e. The minimum atomic E-state index is -0.272. The summed E-state index contributed by atoms with van der Waals surface area (Å²) in [5.74, 6) is 0.415. The molecule has 1 aromatic carbocycles. The second kappa shape index (κ2) is 7.10. The lowest BCUT2D eigenvalue weighted by molar-refractivity contribution is 0.176. The van der Waals surface area contributed by atoms with Crippen molar-refractivity contribution in [3.63, 3.8) is 0 Å². The number of rotatable bonds is 7. The highest BCUT2D eigenvalue weighted by Crippen LogP contribution is 2.23. The third kappa shape index (κ3) is 5.36. The Hall–Kier alpha value is -0.610. The molecule has 0 heterocycles. The molecule has 18 heavy (non-hydrogen) atoms. The zero-order valence-corrected chi connectivity index (χ0v) is 12.8. The maximum atomic E-state index is 13.1. The van der Waals surface area contributed by atoms with E-state index in [9.17, 15) is 4.39 Å². The smallest absolute Gasteiger partial charge is 0.137 e. The Labute approximate surface area is 117 Å². The van der Waals surface area contributed by atoms with E-state index in [1.807, 2.05) is 0 Å². The molecule has 102 valence electrons. The van der Waals surface area contributed by atoms with Gasteiger partial charge in [0.25, 0.3) is 0 Å². The summed E-state index contributed by atoms with van der Waals surface area (Å²) in [6.07, 6.45) is 1.13. The van der Waals surface area contributed by atoms with Crippen molar-refractivity contribution in [3.8, 4) is 5.75 Å². The lowest BCUT2D eigenvalue weighted by atomic mass is 9.95. The molecular weight excluding hydrogens is 297 g/mol. The van der Waals surface area contributed by atoms with Crippen LogP contribution in [0.3, 0.4) is 0 Å². The monoisotopic (exact) mass is 317 g/mol. The van der Waals surface area contributed by atoms with Gasteiger partial charge in [0.15, 0.2) is 0 Å². The van der Waals surface area contributed by atoms with Gasteiger partial charge in [0.05, 0.1) is 11.1 Å². The van der Waals surface area contributed by atoms with E-state index >= 15 is 0 Å². The van der Waals surface area contributed by atoms with Gasteiger partial charge in [-0.05, 0) is 47.1 Å². The number of hydrogen-bond donors (Lipinski definition) is 1. The molecule has 0 fully saturated rings. The van der Waals surface area contributed by atoms with Crippen LogP contribution in [0.25, 0.3) is 0 Å². The first-order valence-electron chi connectivity index (χ1n) is 6.23. The Morgan fingerprint density at radius 2 is 2.11 bits per heavy atom. The molecule has 0 atom stereocenters. The van der Waals surface area contributed by atoms with Crippen molar-refractivity contribution in [2.24, 2.45) is 5.41 Å². The molecule has 0 radical (unpaired) electrons. The number of halogens is 2. The lowest BCUT2D eigenvalue weighted by Gasteiger charge is -2.25. The van der Waals surface area contributed by atoms with Gasteiger partial charge in [0, 0.05) is 12.0 Å². The van der Waals surface area contributed by atoms with Crippen LogP contribution in [-0.2, 0) is 0 Å². The van der Waals surface area contributed by atoms with Gasteiger partial charge in [0.2, 0.25) is 0 Å². The van der Waals surface area contributed by atoms with E-state index in [1.54, 1.807) is 12.1 Å². The van der Waals surface area contributed by atoms with E-state index in [0.29, 0.717) is 16.8 Å². The van der Waals surface area contributed by atoms with Crippen molar-refractivity contribution < 1.29 is 9.13 Å². The average Bonchev–Trinajstić information content (AvgIpc) is 2.31. The number of hydrogen-bond acceptors (Lipinski definition) is 2. The first kappa shape index (κ1) is 15.4. The fourth-order valence-electron chi connectivity index (χ4n) is 1.50. The lowest BCUT2D eigenvalue weighted by Crippen LogP contribution is -2.34. The molecular formula is C14H21BrFNO. The zero-order valence-electron chi connectivity index (χ0n) is 11.2. The van der Waals surface area contributed by atoms with E-state index in [1.165, 1.54) is 6.07 Å². The molecule has 0 aliphatic rings. The summed E-state index contributed by atoms with van der Waals surface area (Å²) in [4.78, 5) is 0. The summed E-state index contributed by atoms with van der Waals surface area (Å²) in [5.41, 5.74) is 0.0516. The molecule has 0 amide bonds. The quantitative estimate of drug-likeness (QED) is 0.768. The molecule has 0 aromatic heterocycles. The highest BCUT2D eigenvalue weighted by molar-refractivity contribution is 9.10. The maximum absolute atomic E-state index is 13.1. The van der Waals surface area contributed by atoms with Crippen LogP contribution < -0.4 is 10.1 Å². The van der Waals surface area contributed by atoms with Crippen LogP contribution in [-0.4, -0.2) is 19.7 Å². The van der Waals surface area contributed by atoms with Gasteiger partial charge in [-0.3, -0.25) is 0 Å². The zero-order chi connectivity index (χ0) is 13.6. The van der Waals surface area contributed by atoms with Crippen LogP contribution in [0.4, 0.5) is 4.39 Å². The van der Waals surface area contributed by atoms with E-state index in [4.69, 9.17) is 4.74 Å². The van der Waals surface area contributed by atoms with Gasteiger partial charge in [-0.2, -0.15) is 0 Å². The Morgan fingerprint density at radius 3 is 2.72 bits per heavy atom. The van der Waals surface area contributed by atoms with Crippen molar-refractivity contribution in [2.45, 2.75) is 27.2 Å². The van der Waals surface area contributed by atoms with Crippen molar-refractivity contribution in [3.05, 3.63) is 28.5 Å². The van der Waals surface area contributed by atoms with Gasteiger partial charge < -0.3 is 10.1 Å². The fraction of sp³-hybridized carbons (Fsp3) is 0.571. The summed E-state index contributed by atoms with van der Waals surface area (Å²) in [7, 11) is 0. The number of benzene rings is 1. The highest BCUT2D eigenvalue weighted by atomic mass is 79.9. The Bertz CT molecular complexity index is 382. The average molecular weight is 318 g/mol. The summed E-state index contributed by atoms with van der Waals surface area (Å²) in [6.45, 7) is 8.96. The van der Waals surface area contributed by atoms with E-state index in [2.05, 4.69) is 42.0 Å². The predicted molar refractivity (Wildman–Crippen MR) is 76.5 cm³/mol. The van der Waals surface area contributed by atoms with Crippen LogP contribution >= 0.6 is 15.9 Å². The molecule has 0 aliphatic carbocycles. The molecule has 0 aliphatic heterocycles. The molecule has 2 nitrogen and oxygen atoms in total. The Balaban J connectivity index is 2.45.